The largest absolute Gasteiger partial charge is 0.463 e. The van der Waals surface area contributed by atoms with Crippen LogP contribution in [0, 0.1) is 5.92 Å². The summed E-state index contributed by atoms with van der Waals surface area (Å²) in [6, 6.07) is 0.701. The second-order valence-electron chi connectivity index (χ2n) is 4.93. The van der Waals surface area contributed by atoms with Crippen LogP contribution in [0.4, 0.5) is 0 Å². The summed E-state index contributed by atoms with van der Waals surface area (Å²) < 4.78 is 4.96. The number of carbonyl (C=O) groups excluding carboxylic acids is 1. The van der Waals surface area contributed by atoms with Crippen molar-refractivity contribution in [1.82, 2.24) is 4.90 Å². The molecule has 0 atom stereocenters. The molecule has 0 aromatic carbocycles. The Morgan fingerprint density at radius 3 is 2.56 bits per heavy atom. The van der Waals surface area contributed by atoms with E-state index in [0.717, 1.165) is 12.5 Å². The van der Waals surface area contributed by atoms with Gasteiger partial charge in [0.1, 0.15) is 0 Å². The van der Waals surface area contributed by atoms with Crippen molar-refractivity contribution < 1.29 is 9.53 Å². The Labute approximate surface area is 97.5 Å². The standard InChI is InChI=1S/C13H21NO2/c1-3-16-13(15)10(2)8-14(12-6-7-12)9-11-4-5-11/h11-12H,2-9H2,1H3. The maximum atomic E-state index is 11.5. The van der Waals surface area contributed by atoms with Crippen molar-refractivity contribution in [2.45, 2.75) is 38.6 Å². The summed E-state index contributed by atoms with van der Waals surface area (Å²) in [4.78, 5) is 13.9. The Hall–Kier alpha value is -0.830. The van der Waals surface area contributed by atoms with Crippen LogP contribution in [0.2, 0.25) is 0 Å². The first-order chi connectivity index (χ1) is 7.70. The van der Waals surface area contributed by atoms with Gasteiger partial charge >= 0.3 is 5.97 Å². The maximum absolute atomic E-state index is 11.5. The predicted octanol–water partition coefficient (Wildman–Crippen LogP) is 1.98. The summed E-state index contributed by atoms with van der Waals surface area (Å²) in [5, 5.41) is 0. The molecule has 0 unspecified atom stereocenters. The van der Waals surface area contributed by atoms with Crippen molar-refractivity contribution >= 4 is 5.97 Å². The van der Waals surface area contributed by atoms with E-state index in [0.29, 0.717) is 24.8 Å². The van der Waals surface area contributed by atoms with Crippen LogP contribution in [-0.4, -0.2) is 36.6 Å². The third-order valence-electron chi connectivity index (χ3n) is 3.21. The average Bonchev–Trinajstić information content (AvgIpc) is 3.10. The molecule has 0 bridgehead atoms. The summed E-state index contributed by atoms with van der Waals surface area (Å²) in [5.74, 6) is 0.638. The number of carbonyl (C=O) groups is 1. The van der Waals surface area contributed by atoms with Gasteiger partial charge in [-0.1, -0.05) is 6.58 Å². The normalized spacial score (nSPS) is 19.9. The molecule has 2 saturated carbocycles. The third kappa shape index (κ3) is 3.34. The van der Waals surface area contributed by atoms with E-state index in [1.165, 1.54) is 25.7 Å². The highest BCUT2D eigenvalue weighted by molar-refractivity contribution is 5.88. The molecule has 16 heavy (non-hydrogen) atoms. The van der Waals surface area contributed by atoms with E-state index >= 15 is 0 Å². The Morgan fingerprint density at radius 1 is 1.38 bits per heavy atom. The second kappa shape index (κ2) is 5.00. The van der Waals surface area contributed by atoms with Crippen molar-refractivity contribution in [3.8, 4) is 0 Å². The van der Waals surface area contributed by atoms with E-state index in [4.69, 9.17) is 4.74 Å². The zero-order valence-corrected chi connectivity index (χ0v) is 10.1. The second-order valence-corrected chi connectivity index (χ2v) is 4.93. The fourth-order valence-corrected chi connectivity index (χ4v) is 1.96. The van der Waals surface area contributed by atoms with Gasteiger partial charge in [0.25, 0.3) is 0 Å². The molecule has 0 aromatic rings. The molecule has 0 radical (unpaired) electrons. The van der Waals surface area contributed by atoms with Gasteiger partial charge in [-0.05, 0) is 38.5 Å². The van der Waals surface area contributed by atoms with Gasteiger partial charge in [0.05, 0.1) is 6.61 Å². The zero-order chi connectivity index (χ0) is 11.5. The van der Waals surface area contributed by atoms with E-state index in [-0.39, 0.29) is 5.97 Å². The number of ether oxygens (including phenoxy) is 1. The minimum Gasteiger partial charge on any atom is -0.463 e. The molecule has 0 amide bonds. The Morgan fingerprint density at radius 2 is 2.06 bits per heavy atom. The molecule has 0 N–H and O–H groups in total. The highest BCUT2D eigenvalue weighted by Gasteiger charge is 2.34. The van der Waals surface area contributed by atoms with Gasteiger partial charge in [-0.3, -0.25) is 4.90 Å². The maximum Gasteiger partial charge on any atom is 0.334 e. The quantitative estimate of drug-likeness (QED) is 0.488. The monoisotopic (exact) mass is 223 g/mol. The number of rotatable bonds is 7. The molecule has 2 aliphatic carbocycles. The van der Waals surface area contributed by atoms with Gasteiger partial charge in [-0.2, -0.15) is 0 Å². The van der Waals surface area contributed by atoms with Crippen molar-refractivity contribution in [3.05, 3.63) is 12.2 Å². The lowest BCUT2D eigenvalue weighted by atomic mass is 10.2. The lowest BCUT2D eigenvalue weighted by Gasteiger charge is -2.22. The molecule has 3 heteroatoms. The van der Waals surface area contributed by atoms with Crippen LogP contribution < -0.4 is 0 Å². The van der Waals surface area contributed by atoms with Crippen LogP contribution in [0.15, 0.2) is 12.2 Å². The number of hydrogen-bond donors (Lipinski definition) is 0. The van der Waals surface area contributed by atoms with Crippen molar-refractivity contribution in [1.29, 1.82) is 0 Å². The Balaban J connectivity index is 1.79. The third-order valence-corrected chi connectivity index (χ3v) is 3.21. The van der Waals surface area contributed by atoms with Gasteiger partial charge in [0, 0.05) is 24.7 Å². The molecule has 2 rings (SSSR count). The molecule has 0 spiro atoms. The van der Waals surface area contributed by atoms with Crippen molar-refractivity contribution in [2.24, 2.45) is 5.92 Å². The van der Waals surface area contributed by atoms with E-state index in [9.17, 15) is 4.79 Å². The SMILES string of the molecule is C=C(CN(CC1CC1)C1CC1)C(=O)OCC. The Kier molecular flexibility index (Phi) is 3.64. The van der Waals surface area contributed by atoms with E-state index < -0.39 is 0 Å². The molecule has 0 aliphatic heterocycles. The van der Waals surface area contributed by atoms with Gasteiger partial charge in [-0.25, -0.2) is 4.79 Å². The van der Waals surface area contributed by atoms with E-state index in [1.54, 1.807) is 0 Å². The van der Waals surface area contributed by atoms with Crippen LogP contribution in [-0.2, 0) is 9.53 Å². The van der Waals surface area contributed by atoms with Gasteiger partial charge in [-0.15, -0.1) is 0 Å². The van der Waals surface area contributed by atoms with Gasteiger partial charge in [0.15, 0.2) is 0 Å². The average molecular weight is 223 g/mol. The first kappa shape index (κ1) is 11.6. The molecule has 0 aromatic heterocycles. The molecular weight excluding hydrogens is 202 g/mol. The number of nitrogens with zero attached hydrogens (tertiary/aromatic N) is 1. The van der Waals surface area contributed by atoms with Crippen LogP contribution >= 0.6 is 0 Å². The lowest BCUT2D eigenvalue weighted by molar-refractivity contribution is -0.138. The summed E-state index contributed by atoms with van der Waals surface area (Å²) in [7, 11) is 0. The van der Waals surface area contributed by atoms with Crippen molar-refractivity contribution in [2.75, 3.05) is 19.7 Å². The molecular formula is C13H21NO2. The lowest BCUT2D eigenvalue weighted by Crippen LogP contribution is -2.32. The van der Waals surface area contributed by atoms with Crippen LogP contribution in [0.1, 0.15) is 32.6 Å². The summed E-state index contributed by atoms with van der Waals surface area (Å²) >= 11 is 0. The summed E-state index contributed by atoms with van der Waals surface area (Å²) in [6.45, 7) is 7.93. The first-order valence-electron chi connectivity index (χ1n) is 6.29. The topological polar surface area (TPSA) is 29.5 Å². The summed E-state index contributed by atoms with van der Waals surface area (Å²) in [6.07, 6.45) is 5.27. The van der Waals surface area contributed by atoms with Crippen LogP contribution in [0.3, 0.4) is 0 Å². The molecule has 0 heterocycles. The highest BCUT2D eigenvalue weighted by atomic mass is 16.5. The van der Waals surface area contributed by atoms with E-state index in [1.807, 2.05) is 6.92 Å². The highest BCUT2D eigenvalue weighted by Crippen LogP contribution is 2.35. The zero-order valence-electron chi connectivity index (χ0n) is 10.1. The fraction of sp³-hybridized carbons (Fsp3) is 0.769. The fourth-order valence-electron chi connectivity index (χ4n) is 1.96. The van der Waals surface area contributed by atoms with Gasteiger partial charge < -0.3 is 4.74 Å². The molecule has 2 aliphatic rings. The molecule has 3 nitrogen and oxygen atoms in total. The molecule has 90 valence electrons. The minimum absolute atomic E-state index is 0.232. The van der Waals surface area contributed by atoms with Gasteiger partial charge in [0.2, 0.25) is 0 Å². The number of esters is 1. The Bertz CT molecular complexity index is 280. The minimum atomic E-state index is -0.232. The van der Waals surface area contributed by atoms with Crippen LogP contribution in [0.25, 0.3) is 0 Å². The number of hydrogen-bond acceptors (Lipinski definition) is 3. The summed E-state index contributed by atoms with van der Waals surface area (Å²) in [5.41, 5.74) is 0.606. The van der Waals surface area contributed by atoms with Crippen molar-refractivity contribution in [3.63, 3.8) is 0 Å². The molecule has 0 saturated heterocycles. The van der Waals surface area contributed by atoms with Crippen LogP contribution in [0.5, 0.6) is 0 Å². The predicted molar refractivity (Wildman–Crippen MR) is 63.1 cm³/mol. The first-order valence-corrected chi connectivity index (χ1v) is 6.29. The smallest absolute Gasteiger partial charge is 0.334 e. The molecule has 2 fully saturated rings. The van der Waals surface area contributed by atoms with E-state index in [2.05, 4.69) is 11.5 Å².